The number of anilines is 6. The Morgan fingerprint density at radius 2 is 0.787 bits per heavy atom. The Morgan fingerprint density at radius 1 is 0.344 bits per heavy atom. The summed E-state index contributed by atoms with van der Waals surface area (Å²) in [5.74, 6) is -0.558. The summed E-state index contributed by atoms with van der Waals surface area (Å²) in [5, 5.41) is 2.29. The van der Waals surface area contributed by atoms with Gasteiger partial charge in [0.05, 0.1) is 11.0 Å². The topological polar surface area (TPSA) is 11.4 Å². The van der Waals surface area contributed by atoms with E-state index in [0.717, 1.165) is 78.3 Å². The van der Waals surface area contributed by atoms with Crippen molar-refractivity contribution in [2.45, 2.75) is 13.8 Å². The van der Waals surface area contributed by atoms with Crippen molar-refractivity contribution in [1.29, 1.82) is 0 Å². The van der Waals surface area contributed by atoms with Crippen LogP contribution in [-0.4, -0.2) is 4.57 Å². The lowest BCUT2D eigenvalue weighted by Gasteiger charge is -2.27. The van der Waals surface area contributed by atoms with Crippen LogP contribution in [0, 0.1) is 25.5 Å². The van der Waals surface area contributed by atoms with Crippen LogP contribution >= 0.6 is 0 Å². The van der Waals surface area contributed by atoms with Crippen LogP contribution in [0.2, 0.25) is 0 Å². The molecule has 0 aliphatic rings. The molecule has 10 rings (SSSR count). The predicted molar refractivity (Wildman–Crippen MR) is 250 cm³/mol. The number of rotatable bonds is 9. The average Bonchev–Trinajstić information content (AvgIpc) is 3.63. The lowest BCUT2D eigenvalue weighted by atomic mass is 9.95. The quantitative estimate of drug-likeness (QED) is 0.144. The molecular formula is C56H41F2N3. The molecule has 1 aromatic heterocycles. The van der Waals surface area contributed by atoms with Crippen molar-refractivity contribution in [2.75, 3.05) is 9.80 Å². The lowest BCUT2D eigenvalue weighted by Crippen LogP contribution is -2.10. The molecule has 3 nitrogen and oxygen atoms in total. The van der Waals surface area contributed by atoms with E-state index in [4.69, 9.17) is 0 Å². The van der Waals surface area contributed by atoms with E-state index in [-0.39, 0.29) is 11.6 Å². The van der Waals surface area contributed by atoms with E-state index in [9.17, 15) is 8.78 Å². The second kappa shape index (κ2) is 15.8. The molecule has 0 unspecified atom stereocenters. The van der Waals surface area contributed by atoms with Crippen molar-refractivity contribution in [3.8, 4) is 27.9 Å². The van der Waals surface area contributed by atoms with Gasteiger partial charge in [-0.15, -0.1) is 0 Å². The van der Waals surface area contributed by atoms with Crippen LogP contribution in [0.15, 0.2) is 212 Å². The summed E-state index contributed by atoms with van der Waals surface area (Å²) in [5.41, 5.74) is 15.8. The standard InChI is InChI=1S/C56H41F2N3/c1-38-10-6-7-13-51(38)53-36-49(25-16-39(53)2)59(47-30-21-42(57)22-31-47)45-26-17-40(18-27-45)41-19-28-46(29-20-41)60(48-32-23-43(58)24-33-48)50-34-35-56-54(37-50)52-14-8-9-15-55(52)61(56)44-11-4-3-5-12-44/h3-37H,1-2H3. The number of hydrogen-bond acceptors (Lipinski definition) is 2. The number of para-hydroxylation sites is 2. The first kappa shape index (κ1) is 37.5. The van der Waals surface area contributed by atoms with Gasteiger partial charge in [0.25, 0.3) is 0 Å². The maximum Gasteiger partial charge on any atom is 0.123 e. The number of benzene rings is 9. The van der Waals surface area contributed by atoms with Gasteiger partial charge in [0, 0.05) is 50.6 Å². The molecule has 0 radical (unpaired) electrons. The van der Waals surface area contributed by atoms with Gasteiger partial charge in [0.1, 0.15) is 11.6 Å². The number of nitrogens with zero attached hydrogens (tertiary/aromatic N) is 3. The maximum atomic E-state index is 14.3. The number of aromatic nitrogens is 1. The van der Waals surface area contributed by atoms with Gasteiger partial charge in [0.2, 0.25) is 0 Å². The Labute approximate surface area is 354 Å². The highest BCUT2D eigenvalue weighted by atomic mass is 19.1. The zero-order valence-electron chi connectivity index (χ0n) is 33.8. The smallest absolute Gasteiger partial charge is 0.123 e. The van der Waals surface area contributed by atoms with Crippen LogP contribution in [0.5, 0.6) is 0 Å². The van der Waals surface area contributed by atoms with Crippen molar-refractivity contribution in [3.63, 3.8) is 0 Å². The van der Waals surface area contributed by atoms with Gasteiger partial charge in [-0.3, -0.25) is 0 Å². The van der Waals surface area contributed by atoms with Gasteiger partial charge in [-0.1, -0.05) is 91.0 Å². The molecule has 0 amide bonds. The molecule has 0 bridgehead atoms. The summed E-state index contributed by atoms with van der Waals surface area (Å²) in [7, 11) is 0. The van der Waals surface area contributed by atoms with Crippen LogP contribution in [0.4, 0.5) is 42.9 Å². The highest BCUT2D eigenvalue weighted by Crippen LogP contribution is 2.42. The van der Waals surface area contributed by atoms with Gasteiger partial charge in [-0.05, 0) is 169 Å². The molecule has 9 aromatic carbocycles. The fraction of sp³-hybridized carbons (Fsp3) is 0.0357. The first-order valence-corrected chi connectivity index (χ1v) is 20.5. The van der Waals surface area contributed by atoms with Crippen molar-refractivity contribution in [3.05, 3.63) is 235 Å². The van der Waals surface area contributed by atoms with E-state index < -0.39 is 0 Å². The molecule has 294 valence electrons. The summed E-state index contributed by atoms with van der Waals surface area (Å²) >= 11 is 0. The zero-order valence-corrected chi connectivity index (χ0v) is 33.8. The Kier molecular flexibility index (Phi) is 9.70. The minimum Gasteiger partial charge on any atom is -0.310 e. The molecule has 0 aliphatic heterocycles. The van der Waals surface area contributed by atoms with Crippen molar-refractivity contribution in [1.82, 2.24) is 4.57 Å². The number of fused-ring (bicyclic) bond motifs is 3. The van der Waals surface area contributed by atoms with Crippen LogP contribution < -0.4 is 9.80 Å². The second-order valence-corrected chi connectivity index (χ2v) is 15.4. The molecule has 0 fully saturated rings. The molecule has 5 heteroatoms. The van der Waals surface area contributed by atoms with Crippen LogP contribution in [0.1, 0.15) is 11.1 Å². The van der Waals surface area contributed by atoms with Crippen LogP contribution in [-0.2, 0) is 0 Å². The van der Waals surface area contributed by atoms with Crippen LogP contribution in [0.3, 0.4) is 0 Å². The SMILES string of the molecule is Cc1ccccc1-c1cc(N(c2ccc(F)cc2)c2ccc(-c3ccc(N(c4ccc(F)cc4)c4ccc5c(c4)c4ccccc4n5-c4ccccc4)cc3)cc2)ccc1C. The van der Waals surface area contributed by atoms with Gasteiger partial charge in [0.15, 0.2) is 0 Å². The molecule has 0 N–H and O–H groups in total. The maximum absolute atomic E-state index is 14.3. The summed E-state index contributed by atoms with van der Waals surface area (Å²) in [6, 6.07) is 70.7. The second-order valence-electron chi connectivity index (χ2n) is 15.4. The highest BCUT2D eigenvalue weighted by Gasteiger charge is 2.19. The summed E-state index contributed by atoms with van der Waals surface area (Å²) < 4.78 is 30.8. The number of hydrogen-bond donors (Lipinski definition) is 0. The monoisotopic (exact) mass is 793 g/mol. The normalized spacial score (nSPS) is 11.3. The van der Waals surface area contributed by atoms with Gasteiger partial charge in [-0.25, -0.2) is 8.78 Å². The molecule has 0 saturated heterocycles. The minimum atomic E-state index is -0.281. The molecule has 61 heavy (non-hydrogen) atoms. The lowest BCUT2D eigenvalue weighted by molar-refractivity contribution is 0.627. The molecule has 1 heterocycles. The fourth-order valence-electron chi connectivity index (χ4n) is 8.55. The first-order chi connectivity index (χ1) is 29.9. The molecule has 0 aliphatic carbocycles. The summed E-state index contributed by atoms with van der Waals surface area (Å²) in [6.45, 7) is 4.27. The van der Waals surface area contributed by atoms with Crippen LogP contribution in [0.25, 0.3) is 49.7 Å². The minimum absolute atomic E-state index is 0.277. The molecular weight excluding hydrogens is 753 g/mol. The highest BCUT2D eigenvalue weighted by molar-refractivity contribution is 6.10. The fourth-order valence-corrected chi connectivity index (χ4v) is 8.55. The Bertz CT molecular complexity index is 3150. The molecule has 0 atom stereocenters. The number of aryl methyl sites for hydroxylation is 2. The molecule has 10 aromatic rings. The van der Waals surface area contributed by atoms with Crippen molar-refractivity contribution in [2.24, 2.45) is 0 Å². The first-order valence-electron chi connectivity index (χ1n) is 20.5. The number of halogens is 2. The summed E-state index contributed by atoms with van der Waals surface area (Å²) in [6.07, 6.45) is 0. The third-order valence-corrected chi connectivity index (χ3v) is 11.6. The van der Waals surface area contributed by atoms with Gasteiger partial charge in [-0.2, -0.15) is 0 Å². The predicted octanol–water partition coefficient (Wildman–Crippen LogP) is 16.0. The van der Waals surface area contributed by atoms with E-state index in [1.54, 1.807) is 0 Å². The third kappa shape index (κ3) is 7.10. The van der Waals surface area contributed by atoms with E-state index in [1.165, 1.54) is 41.0 Å². The Morgan fingerprint density at radius 3 is 1.38 bits per heavy atom. The van der Waals surface area contributed by atoms with E-state index in [0.29, 0.717) is 0 Å². The average molecular weight is 794 g/mol. The largest absolute Gasteiger partial charge is 0.310 e. The van der Waals surface area contributed by atoms with E-state index >= 15 is 0 Å². The Balaban J connectivity index is 1.01. The van der Waals surface area contributed by atoms with E-state index in [1.807, 2.05) is 30.3 Å². The molecule has 0 saturated carbocycles. The van der Waals surface area contributed by atoms with E-state index in [2.05, 4.69) is 186 Å². The zero-order chi connectivity index (χ0) is 41.5. The van der Waals surface area contributed by atoms with Crippen molar-refractivity contribution >= 4 is 55.9 Å². The van der Waals surface area contributed by atoms with Crippen molar-refractivity contribution < 1.29 is 8.78 Å². The van der Waals surface area contributed by atoms with Gasteiger partial charge < -0.3 is 14.4 Å². The Hall–Kier alpha value is -7.76. The van der Waals surface area contributed by atoms with Gasteiger partial charge >= 0.3 is 0 Å². The molecule has 0 spiro atoms. The third-order valence-electron chi connectivity index (χ3n) is 11.6. The summed E-state index contributed by atoms with van der Waals surface area (Å²) in [4.78, 5) is 4.34.